The van der Waals surface area contributed by atoms with Gasteiger partial charge in [-0.05, 0) is 71.3 Å². The Balaban J connectivity index is 1.03. The van der Waals surface area contributed by atoms with Crippen molar-refractivity contribution in [3.63, 3.8) is 0 Å². The Labute approximate surface area is 361 Å². The number of hydrogen-bond acceptors (Lipinski definition) is 5. The minimum atomic E-state index is 0.563. The number of benzene rings is 9. The van der Waals surface area contributed by atoms with Crippen molar-refractivity contribution in [1.29, 1.82) is 0 Å². The van der Waals surface area contributed by atoms with E-state index in [-0.39, 0.29) is 0 Å². The fourth-order valence-corrected chi connectivity index (χ4v) is 9.47. The number of hydrogen-bond donors (Lipinski definition) is 0. The molecule has 0 spiro atoms. The first kappa shape index (κ1) is 35.2. The second-order valence-electron chi connectivity index (χ2n) is 15.9. The van der Waals surface area contributed by atoms with Gasteiger partial charge in [-0.2, -0.15) is 0 Å². The van der Waals surface area contributed by atoms with Gasteiger partial charge in [0.05, 0.1) is 11.0 Å². The highest BCUT2D eigenvalue weighted by Gasteiger charge is 2.22. The molecule has 6 heteroatoms. The molecule has 4 heterocycles. The lowest BCUT2D eigenvalue weighted by molar-refractivity contribution is 0.669. The highest BCUT2D eigenvalue weighted by atomic mass is 16.3. The van der Waals surface area contributed by atoms with Crippen molar-refractivity contribution in [2.45, 2.75) is 0 Å². The summed E-state index contributed by atoms with van der Waals surface area (Å²) < 4.78 is 15.4. The first-order chi connectivity index (χ1) is 31.2. The zero-order chi connectivity index (χ0) is 41.4. The molecule has 13 aromatic rings. The molecule has 0 saturated heterocycles. The average Bonchev–Trinajstić information content (AvgIpc) is 4.04. The normalized spacial score (nSPS) is 11.8. The third kappa shape index (κ3) is 5.62. The van der Waals surface area contributed by atoms with E-state index in [0.717, 1.165) is 99.5 Å². The molecule has 0 aliphatic heterocycles. The number of furan rings is 2. The standard InChI is InChI=1S/C57H34N4O2/c1-3-15-35(16-4-1)40-30-32-51-54(43-23-9-12-27-48(43)62-51)52(40)37-29-31-49-45(34-37)53-44(24-14-28-50(53)63-49)57-59-55(36-17-5-2-6-18-36)58-56(60-57)38-19-13-20-39(33-38)61-46-25-10-7-21-41(46)42-22-8-11-26-47(42)61/h1-34H. The first-order valence-corrected chi connectivity index (χ1v) is 21.1. The van der Waals surface area contributed by atoms with Crippen LogP contribution < -0.4 is 0 Å². The highest BCUT2D eigenvalue weighted by Crippen LogP contribution is 2.45. The largest absolute Gasteiger partial charge is 0.456 e. The van der Waals surface area contributed by atoms with Gasteiger partial charge in [-0.3, -0.25) is 0 Å². The second-order valence-corrected chi connectivity index (χ2v) is 15.9. The van der Waals surface area contributed by atoms with Crippen LogP contribution in [0, 0.1) is 0 Å². The first-order valence-electron chi connectivity index (χ1n) is 21.1. The topological polar surface area (TPSA) is 69.9 Å². The number of fused-ring (bicyclic) bond motifs is 9. The van der Waals surface area contributed by atoms with Crippen LogP contribution >= 0.6 is 0 Å². The Kier molecular flexibility index (Phi) is 7.80. The van der Waals surface area contributed by atoms with E-state index in [9.17, 15) is 0 Å². The summed E-state index contributed by atoms with van der Waals surface area (Å²) >= 11 is 0. The van der Waals surface area contributed by atoms with Crippen molar-refractivity contribution < 1.29 is 8.83 Å². The molecule has 0 atom stereocenters. The Morgan fingerprint density at radius 2 is 0.873 bits per heavy atom. The molecule has 63 heavy (non-hydrogen) atoms. The van der Waals surface area contributed by atoms with Gasteiger partial charge in [-0.1, -0.05) is 152 Å². The van der Waals surface area contributed by atoms with Crippen LogP contribution in [0.25, 0.3) is 128 Å². The van der Waals surface area contributed by atoms with Gasteiger partial charge < -0.3 is 13.4 Å². The van der Waals surface area contributed by atoms with E-state index in [1.807, 2.05) is 54.6 Å². The van der Waals surface area contributed by atoms with Crippen LogP contribution in [0.15, 0.2) is 215 Å². The SMILES string of the molecule is c1ccc(-c2nc(-c3cccc(-n4c5ccccc5c5ccccc54)c3)nc(-c3cccc4oc5ccc(-c6c(-c7ccccc7)ccc7oc8ccccc8c67)cc5c34)n2)cc1. The molecule has 0 aliphatic carbocycles. The smallest absolute Gasteiger partial charge is 0.164 e. The average molecular weight is 807 g/mol. The van der Waals surface area contributed by atoms with Gasteiger partial charge in [0.2, 0.25) is 0 Å². The summed E-state index contributed by atoms with van der Waals surface area (Å²) in [5.74, 6) is 1.74. The number of rotatable bonds is 6. The second kappa shape index (κ2) is 14.0. The van der Waals surface area contributed by atoms with Gasteiger partial charge in [0.1, 0.15) is 22.3 Å². The van der Waals surface area contributed by atoms with E-state index < -0.39 is 0 Å². The molecule has 6 nitrogen and oxygen atoms in total. The van der Waals surface area contributed by atoms with Crippen molar-refractivity contribution in [2.24, 2.45) is 0 Å². The fourth-order valence-electron chi connectivity index (χ4n) is 9.47. The lowest BCUT2D eigenvalue weighted by atomic mass is 9.90. The minimum Gasteiger partial charge on any atom is -0.456 e. The van der Waals surface area contributed by atoms with Crippen LogP contribution in [0.5, 0.6) is 0 Å². The van der Waals surface area contributed by atoms with Crippen molar-refractivity contribution in [3.8, 4) is 62.1 Å². The minimum absolute atomic E-state index is 0.563. The zero-order valence-electron chi connectivity index (χ0n) is 33.7. The van der Waals surface area contributed by atoms with Gasteiger partial charge >= 0.3 is 0 Å². The van der Waals surface area contributed by atoms with Crippen molar-refractivity contribution in [2.75, 3.05) is 0 Å². The summed E-state index contributed by atoms with van der Waals surface area (Å²) in [7, 11) is 0. The Morgan fingerprint density at radius 3 is 1.63 bits per heavy atom. The number of para-hydroxylation sites is 3. The number of aromatic nitrogens is 4. The van der Waals surface area contributed by atoms with E-state index in [4.69, 9.17) is 23.8 Å². The Hall–Kier alpha value is -8.61. The van der Waals surface area contributed by atoms with Crippen molar-refractivity contribution in [1.82, 2.24) is 19.5 Å². The quantitative estimate of drug-likeness (QED) is 0.167. The highest BCUT2D eigenvalue weighted by molar-refractivity contribution is 6.18. The van der Waals surface area contributed by atoms with Crippen LogP contribution in [0.4, 0.5) is 0 Å². The van der Waals surface area contributed by atoms with Crippen LogP contribution in [0.3, 0.4) is 0 Å². The molecule has 0 aliphatic rings. The third-order valence-corrected chi connectivity index (χ3v) is 12.3. The van der Waals surface area contributed by atoms with Gasteiger partial charge in [0.25, 0.3) is 0 Å². The summed E-state index contributed by atoms with van der Waals surface area (Å²) in [6.45, 7) is 0. The summed E-state index contributed by atoms with van der Waals surface area (Å²) in [6.07, 6.45) is 0. The van der Waals surface area contributed by atoms with Gasteiger partial charge in [0.15, 0.2) is 17.5 Å². The van der Waals surface area contributed by atoms with Crippen molar-refractivity contribution in [3.05, 3.63) is 206 Å². The van der Waals surface area contributed by atoms with Crippen molar-refractivity contribution >= 4 is 65.7 Å². The van der Waals surface area contributed by atoms with E-state index in [1.165, 1.54) is 10.8 Å². The summed E-state index contributed by atoms with van der Waals surface area (Å²) in [4.78, 5) is 15.7. The van der Waals surface area contributed by atoms with Gasteiger partial charge in [0, 0.05) is 60.3 Å². The van der Waals surface area contributed by atoms with E-state index in [1.54, 1.807) is 0 Å². The van der Waals surface area contributed by atoms with Crippen LogP contribution in [-0.2, 0) is 0 Å². The maximum Gasteiger partial charge on any atom is 0.164 e. The molecule has 0 radical (unpaired) electrons. The maximum absolute atomic E-state index is 6.63. The van der Waals surface area contributed by atoms with Crippen LogP contribution in [-0.4, -0.2) is 19.5 Å². The number of nitrogens with zero attached hydrogens (tertiary/aromatic N) is 4. The molecule has 0 N–H and O–H groups in total. The molecule has 294 valence electrons. The molecule has 0 fully saturated rings. The maximum atomic E-state index is 6.63. The molecular formula is C57H34N4O2. The fraction of sp³-hybridized carbons (Fsp3) is 0. The molecule has 4 aromatic heterocycles. The molecule has 0 amide bonds. The lowest BCUT2D eigenvalue weighted by Crippen LogP contribution is -2.01. The van der Waals surface area contributed by atoms with Crippen LogP contribution in [0.2, 0.25) is 0 Å². The van der Waals surface area contributed by atoms with Crippen LogP contribution in [0.1, 0.15) is 0 Å². The molecule has 13 rings (SSSR count). The molecule has 0 saturated carbocycles. The predicted octanol–water partition coefficient (Wildman–Crippen LogP) is 15.1. The monoisotopic (exact) mass is 806 g/mol. The summed E-state index contributed by atoms with van der Waals surface area (Å²) in [5.41, 5.74) is 13.6. The lowest BCUT2D eigenvalue weighted by Gasteiger charge is -2.13. The molecule has 9 aromatic carbocycles. The third-order valence-electron chi connectivity index (χ3n) is 12.3. The molecule has 0 unspecified atom stereocenters. The van der Waals surface area contributed by atoms with Gasteiger partial charge in [-0.15, -0.1) is 0 Å². The summed E-state index contributed by atoms with van der Waals surface area (Å²) in [6, 6.07) is 71.4. The van der Waals surface area contributed by atoms with E-state index in [2.05, 4.69) is 156 Å². The molecular weight excluding hydrogens is 773 g/mol. The Morgan fingerprint density at radius 1 is 0.317 bits per heavy atom. The van der Waals surface area contributed by atoms with Gasteiger partial charge in [-0.25, -0.2) is 15.0 Å². The predicted molar refractivity (Wildman–Crippen MR) is 256 cm³/mol. The van der Waals surface area contributed by atoms with E-state index in [0.29, 0.717) is 17.5 Å². The Bertz CT molecular complexity index is 3870. The summed E-state index contributed by atoms with van der Waals surface area (Å²) in [5, 5.41) is 6.49. The van der Waals surface area contributed by atoms with E-state index >= 15 is 0 Å². The molecule has 0 bridgehead atoms. The zero-order valence-corrected chi connectivity index (χ0v) is 33.7.